The number of hydrogen-bond donors (Lipinski definition) is 2. The zero-order valence-corrected chi connectivity index (χ0v) is 10.3. The van der Waals surface area contributed by atoms with Gasteiger partial charge in [0, 0.05) is 25.8 Å². The monoisotopic (exact) mass is 262 g/mol. The van der Waals surface area contributed by atoms with E-state index in [0.717, 1.165) is 12.3 Å². The summed E-state index contributed by atoms with van der Waals surface area (Å²) in [6.07, 6.45) is -3.29. The summed E-state index contributed by atoms with van der Waals surface area (Å²) in [5.41, 5.74) is 5.19. The van der Waals surface area contributed by atoms with Crippen molar-refractivity contribution in [2.24, 2.45) is 11.6 Å². The highest BCUT2D eigenvalue weighted by molar-refractivity contribution is 5.23. The van der Waals surface area contributed by atoms with Crippen LogP contribution in [0.15, 0.2) is 18.3 Å². The Bertz CT molecular complexity index is 392. The van der Waals surface area contributed by atoms with Gasteiger partial charge in [0.2, 0.25) is 0 Å². The van der Waals surface area contributed by atoms with Gasteiger partial charge >= 0.3 is 6.18 Å². The van der Waals surface area contributed by atoms with E-state index < -0.39 is 11.9 Å². The van der Waals surface area contributed by atoms with Crippen LogP contribution in [0.2, 0.25) is 0 Å². The number of alkyl halides is 3. The molecule has 4 N–H and O–H groups in total. The average Bonchev–Trinajstić information content (AvgIpc) is 2.28. The molecule has 0 radical (unpaired) electrons. The number of hydrazine groups is 1. The quantitative estimate of drug-likeness (QED) is 0.634. The number of halogens is 3. The van der Waals surface area contributed by atoms with Crippen LogP contribution in [-0.2, 0) is 6.18 Å². The van der Waals surface area contributed by atoms with E-state index in [2.05, 4.69) is 4.98 Å². The van der Waals surface area contributed by atoms with Crippen molar-refractivity contribution in [3.63, 3.8) is 0 Å². The van der Waals surface area contributed by atoms with E-state index in [9.17, 15) is 13.2 Å². The molecule has 0 fully saturated rings. The fraction of sp³-hybridized carbons (Fsp3) is 0.545. The van der Waals surface area contributed by atoms with Crippen LogP contribution in [0.5, 0.6) is 0 Å². The minimum Gasteiger partial charge on any atom is -0.329 e. The third-order valence-electron chi connectivity index (χ3n) is 2.94. The van der Waals surface area contributed by atoms with Crippen molar-refractivity contribution >= 4 is 0 Å². The highest BCUT2D eigenvalue weighted by Crippen LogP contribution is 2.30. The normalized spacial score (nSPS) is 15.8. The van der Waals surface area contributed by atoms with Gasteiger partial charge in [0.05, 0.1) is 0 Å². The summed E-state index contributed by atoms with van der Waals surface area (Å²) < 4.78 is 37.7. The number of hydrogen-bond acceptors (Lipinski definition) is 4. The fourth-order valence-electron chi connectivity index (χ4n) is 1.83. The number of nitrogens with two attached hydrogens (primary N) is 2. The van der Waals surface area contributed by atoms with Gasteiger partial charge in [0.1, 0.15) is 5.69 Å². The van der Waals surface area contributed by atoms with Crippen LogP contribution < -0.4 is 11.6 Å². The van der Waals surface area contributed by atoms with Gasteiger partial charge in [-0.3, -0.25) is 10.8 Å². The second-order valence-corrected chi connectivity index (χ2v) is 4.23. The summed E-state index contributed by atoms with van der Waals surface area (Å²) in [7, 11) is 1.64. The highest BCUT2D eigenvalue weighted by Gasteiger charge is 2.33. The van der Waals surface area contributed by atoms with Gasteiger partial charge < -0.3 is 5.73 Å². The van der Waals surface area contributed by atoms with Gasteiger partial charge in [-0.05, 0) is 23.6 Å². The van der Waals surface area contributed by atoms with Crippen LogP contribution in [-0.4, -0.2) is 29.6 Å². The van der Waals surface area contributed by atoms with Gasteiger partial charge in [0.25, 0.3) is 0 Å². The van der Waals surface area contributed by atoms with Crippen molar-refractivity contribution < 1.29 is 13.2 Å². The molecule has 1 rings (SSSR count). The second kappa shape index (κ2) is 5.64. The van der Waals surface area contributed by atoms with E-state index in [0.29, 0.717) is 5.56 Å². The van der Waals surface area contributed by atoms with Crippen LogP contribution in [0.4, 0.5) is 13.2 Å². The van der Waals surface area contributed by atoms with Crippen molar-refractivity contribution in [2.45, 2.75) is 25.1 Å². The maximum absolute atomic E-state index is 12.6. The molecule has 1 aromatic heterocycles. The van der Waals surface area contributed by atoms with Crippen LogP contribution in [0.25, 0.3) is 0 Å². The molecule has 7 heteroatoms. The Balaban J connectivity index is 3.03. The lowest BCUT2D eigenvalue weighted by Gasteiger charge is -2.28. The Morgan fingerprint density at radius 1 is 1.44 bits per heavy atom. The Morgan fingerprint density at radius 3 is 2.50 bits per heavy atom. The minimum atomic E-state index is -4.44. The first-order valence-corrected chi connectivity index (χ1v) is 5.48. The van der Waals surface area contributed by atoms with Crippen molar-refractivity contribution in [2.75, 3.05) is 13.6 Å². The van der Waals surface area contributed by atoms with E-state index in [4.69, 9.17) is 11.6 Å². The Hall–Kier alpha value is -1.18. The molecular weight excluding hydrogens is 245 g/mol. The van der Waals surface area contributed by atoms with Crippen LogP contribution in [0.3, 0.4) is 0 Å². The second-order valence-electron chi connectivity index (χ2n) is 4.23. The maximum Gasteiger partial charge on any atom is 0.433 e. The molecule has 0 spiro atoms. The smallest absolute Gasteiger partial charge is 0.329 e. The molecule has 0 saturated carbocycles. The van der Waals surface area contributed by atoms with E-state index in [1.165, 1.54) is 5.01 Å². The number of pyridine rings is 1. The molecule has 102 valence electrons. The lowest BCUT2D eigenvalue weighted by Crippen LogP contribution is -2.45. The first-order chi connectivity index (χ1) is 8.27. The topological polar surface area (TPSA) is 68.2 Å². The Kier molecular flexibility index (Phi) is 4.66. The lowest BCUT2D eigenvalue weighted by atomic mass is 9.93. The molecule has 1 heterocycles. The molecule has 0 saturated heterocycles. The summed E-state index contributed by atoms with van der Waals surface area (Å²) in [5.74, 6) is 5.41. The maximum atomic E-state index is 12.6. The van der Waals surface area contributed by atoms with Crippen molar-refractivity contribution in [1.82, 2.24) is 9.99 Å². The largest absolute Gasteiger partial charge is 0.433 e. The molecule has 2 unspecified atom stereocenters. The summed E-state index contributed by atoms with van der Waals surface area (Å²) in [5, 5.41) is 1.42. The standard InChI is InChI=1S/C11H17F3N4/c1-7(9(6-15)18(2)16)8-3-4-17-10(5-8)11(12,13)14/h3-5,7,9H,6,15-16H2,1-2H3. The zero-order chi connectivity index (χ0) is 13.9. The number of aromatic nitrogens is 1. The minimum absolute atomic E-state index is 0.214. The fourth-order valence-corrected chi connectivity index (χ4v) is 1.83. The Labute approximate surface area is 104 Å². The average molecular weight is 262 g/mol. The van der Waals surface area contributed by atoms with Crippen LogP contribution in [0, 0.1) is 0 Å². The predicted octanol–water partition coefficient (Wildman–Crippen LogP) is 1.34. The van der Waals surface area contributed by atoms with E-state index in [1.54, 1.807) is 20.0 Å². The van der Waals surface area contributed by atoms with E-state index in [1.807, 2.05) is 0 Å². The molecule has 0 aliphatic rings. The molecule has 18 heavy (non-hydrogen) atoms. The van der Waals surface area contributed by atoms with Crippen LogP contribution in [0.1, 0.15) is 24.1 Å². The van der Waals surface area contributed by atoms with Crippen molar-refractivity contribution in [1.29, 1.82) is 0 Å². The summed E-state index contributed by atoms with van der Waals surface area (Å²) in [6.45, 7) is 2.05. The first-order valence-electron chi connectivity index (χ1n) is 5.48. The summed E-state index contributed by atoms with van der Waals surface area (Å²) in [6, 6.07) is 2.36. The SMILES string of the molecule is CC(c1ccnc(C(F)(F)F)c1)C(CN)N(C)N. The van der Waals surface area contributed by atoms with Crippen molar-refractivity contribution in [3.05, 3.63) is 29.6 Å². The summed E-state index contributed by atoms with van der Waals surface area (Å²) >= 11 is 0. The Morgan fingerprint density at radius 2 is 2.06 bits per heavy atom. The van der Waals surface area contributed by atoms with Crippen molar-refractivity contribution in [3.8, 4) is 0 Å². The molecule has 0 bridgehead atoms. The van der Waals surface area contributed by atoms with Crippen LogP contribution >= 0.6 is 0 Å². The van der Waals surface area contributed by atoms with Gasteiger partial charge in [-0.25, -0.2) is 5.01 Å². The van der Waals surface area contributed by atoms with Gasteiger partial charge in [0.15, 0.2) is 0 Å². The summed E-state index contributed by atoms with van der Waals surface area (Å²) in [4.78, 5) is 3.32. The van der Waals surface area contributed by atoms with Gasteiger partial charge in [-0.2, -0.15) is 13.2 Å². The third kappa shape index (κ3) is 3.41. The molecule has 0 aliphatic heterocycles. The van der Waals surface area contributed by atoms with Gasteiger partial charge in [-0.1, -0.05) is 6.92 Å². The third-order valence-corrected chi connectivity index (χ3v) is 2.94. The lowest BCUT2D eigenvalue weighted by molar-refractivity contribution is -0.141. The number of rotatable bonds is 4. The predicted molar refractivity (Wildman–Crippen MR) is 62.4 cm³/mol. The zero-order valence-electron chi connectivity index (χ0n) is 10.3. The molecule has 0 aromatic carbocycles. The molecular formula is C11H17F3N4. The van der Waals surface area contributed by atoms with E-state index in [-0.39, 0.29) is 18.5 Å². The first kappa shape index (κ1) is 14.9. The molecule has 0 amide bonds. The highest BCUT2D eigenvalue weighted by atomic mass is 19.4. The molecule has 1 aromatic rings. The van der Waals surface area contributed by atoms with Gasteiger partial charge in [-0.15, -0.1) is 0 Å². The number of nitrogens with zero attached hydrogens (tertiary/aromatic N) is 2. The molecule has 0 aliphatic carbocycles. The number of likely N-dealkylation sites (N-methyl/N-ethyl adjacent to an activating group) is 1. The molecule has 4 nitrogen and oxygen atoms in total. The molecule has 2 atom stereocenters. The van der Waals surface area contributed by atoms with E-state index >= 15 is 0 Å².